The molecule has 1 heterocycles. The second-order valence-electron chi connectivity index (χ2n) is 5.41. The SMILES string of the molecule is CCCCCc1oc2ccccc2c1CCCCC. The molecule has 0 amide bonds. The van der Waals surface area contributed by atoms with Crippen molar-refractivity contribution in [2.24, 2.45) is 0 Å². The fraction of sp³-hybridized carbons (Fsp3) is 0.556. The Labute approximate surface area is 117 Å². The van der Waals surface area contributed by atoms with Crippen LogP contribution in [0, 0.1) is 0 Å². The quantitative estimate of drug-likeness (QED) is 0.537. The topological polar surface area (TPSA) is 13.1 Å². The largest absolute Gasteiger partial charge is 0.461 e. The summed E-state index contributed by atoms with van der Waals surface area (Å²) in [5.41, 5.74) is 2.54. The average Bonchev–Trinajstić information content (AvgIpc) is 2.78. The van der Waals surface area contributed by atoms with Gasteiger partial charge in [0.15, 0.2) is 0 Å². The Balaban J connectivity index is 2.18. The molecule has 104 valence electrons. The molecule has 1 heteroatoms. The lowest BCUT2D eigenvalue weighted by atomic mass is 10.0. The lowest BCUT2D eigenvalue weighted by Crippen LogP contribution is -1.91. The summed E-state index contributed by atoms with van der Waals surface area (Å²) in [4.78, 5) is 0. The van der Waals surface area contributed by atoms with E-state index in [4.69, 9.17) is 4.42 Å². The van der Waals surface area contributed by atoms with Crippen LogP contribution in [0.2, 0.25) is 0 Å². The summed E-state index contributed by atoms with van der Waals surface area (Å²) in [6.45, 7) is 4.51. The van der Waals surface area contributed by atoms with Crippen LogP contribution in [-0.2, 0) is 12.8 Å². The zero-order chi connectivity index (χ0) is 13.5. The Bertz CT molecular complexity index is 495. The Morgan fingerprint density at radius 3 is 2.26 bits per heavy atom. The van der Waals surface area contributed by atoms with Gasteiger partial charge in [-0.25, -0.2) is 0 Å². The van der Waals surface area contributed by atoms with Crippen molar-refractivity contribution >= 4 is 11.0 Å². The number of benzene rings is 1. The smallest absolute Gasteiger partial charge is 0.134 e. The fourth-order valence-electron chi connectivity index (χ4n) is 2.71. The monoisotopic (exact) mass is 258 g/mol. The van der Waals surface area contributed by atoms with Gasteiger partial charge in [-0.2, -0.15) is 0 Å². The van der Waals surface area contributed by atoms with Crippen molar-refractivity contribution in [3.8, 4) is 0 Å². The maximum Gasteiger partial charge on any atom is 0.134 e. The van der Waals surface area contributed by atoms with Crippen LogP contribution in [-0.4, -0.2) is 0 Å². The van der Waals surface area contributed by atoms with Gasteiger partial charge in [0.2, 0.25) is 0 Å². The molecular formula is C18H26O. The highest BCUT2D eigenvalue weighted by Crippen LogP contribution is 2.28. The third kappa shape index (κ3) is 3.62. The number of aryl methyl sites for hydroxylation is 2. The summed E-state index contributed by atoms with van der Waals surface area (Å²) >= 11 is 0. The molecule has 0 spiro atoms. The Morgan fingerprint density at radius 2 is 1.53 bits per heavy atom. The maximum absolute atomic E-state index is 6.08. The lowest BCUT2D eigenvalue weighted by Gasteiger charge is -2.03. The minimum absolute atomic E-state index is 1.07. The maximum atomic E-state index is 6.08. The molecule has 0 atom stereocenters. The molecule has 0 aliphatic rings. The molecule has 0 saturated heterocycles. The number of rotatable bonds is 8. The zero-order valence-corrected chi connectivity index (χ0v) is 12.4. The molecule has 0 radical (unpaired) electrons. The molecule has 1 aromatic carbocycles. The van der Waals surface area contributed by atoms with Crippen LogP contribution < -0.4 is 0 Å². The zero-order valence-electron chi connectivity index (χ0n) is 12.4. The van der Waals surface area contributed by atoms with E-state index >= 15 is 0 Å². The highest BCUT2D eigenvalue weighted by atomic mass is 16.3. The van der Waals surface area contributed by atoms with Gasteiger partial charge in [-0.15, -0.1) is 0 Å². The van der Waals surface area contributed by atoms with E-state index in [0.717, 1.165) is 12.0 Å². The van der Waals surface area contributed by atoms with Gasteiger partial charge in [0.1, 0.15) is 11.3 Å². The normalized spacial score (nSPS) is 11.3. The van der Waals surface area contributed by atoms with Crippen molar-refractivity contribution in [1.29, 1.82) is 0 Å². The van der Waals surface area contributed by atoms with Gasteiger partial charge >= 0.3 is 0 Å². The summed E-state index contributed by atoms with van der Waals surface area (Å²) in [6.07, 6.45) is 9.96. The van der Waals surface area contributed by atoms with Gasteiger partial charge in [-0.3, -0.25) is 0 Å². The molecule has 1 aromatic heterocycles. The second-order valence-corrected chi connectivity index (χ2v) is 5.41. The molecule has 1 nitrogen and oxygen atoms in total. The van der Waals surface area contributed by atoms with Gasteiger partial charge in [0.05, 0.1) is 0 Å². The molecule has 2 rings (SSSR count). The summed E-state index contributed by atoms with van der Waals surface area (Å²) in [5, 5.41) is 1.34. The predicted octanol–water partition coefficient (Wildman–Crippen LogP) is 5.90. The minimum Gasteiger partial charge on any atom is -0.461 e. The lowest BCUT2D eigenvalue weighted by molar-refractivity contribution is 0.522. The van der Waals surface area contributed by atoms with E-state index in [-0.39, 0.29) is 0 Å². The van der Waals surface area contributed by atoms with Gasteiger partial charge in [0.25, 0.3) is 0 Å². The Kier molecular flexibility index (Phi) is 5.50. The molecule has 0 aliphatic carbocycles. The van der Waals surface area contributed by atoms with Gasteiger partial charge in [-0.05, 0) is 25.3 Å². The van der Waals surface area contributed by atoms with Crippen molar-refractivity contribution in [2.45, 2.75) is 65.2 Å². The van der Waals surface area contributed by atoms with Crippen molar-refractivity contribution in [2.75, 3.05) is 0 Å². The van der Waals surface area contributed by atoms with E-state index in [1.54, 1.807) is 0 Å². The molecule has 2 aromatic rings. The van der Waals surface area contributed by atoms with Crippen molar-refractivity contribution in [3.05, 3.63) is 35.6 Å². The standard InChI is InChI=1S/C18H26O/c1-3-5-7-11-15-16-12-9-10-14-18(16)19-17(15)13-8-6-4-2/h9-10,12,14H,3-8,11,13H2,1-2H3. The Hall–Kier alpha value is -1.24. The third-order valence-corrected chi connectivity index (χ3v) is 3.82. The molecule has 19 heavy (non-hydrogen) atoms. The van der Waals surface area contributed by atoms with E-state index in [2.05, 4.69) is 38.1 Å². The van der Waals surface area contributed by atoms with Crippen LogP contribution >= 0.6 is 0 Å². The summed E-state index contributed by atoms with van der Waals surface area (Å²) < 4.78 is 6.08. The van der Waals surface area contributed by atoms with E-state index in [1.165, 1.54) is 61.7 Å². The van der Waals surface area contributed by atoms with Crippen LogP contribution in [0.4, 0.5) is 0 Å². The van der Waals surface area contributed by atoms with Gasteiger partial charge < -0.3 is 4.42 Å². The molecule has 0 saturated carbocycles. The van der Waals surface area contributed by atoms with E-state index in [9.17, 15) is 0 Å². The first kappa shape index (κ1) is 14.2. The molecule has 0 N–H and O–H groups in total. The number of hydrogen-bond donors (Lipinski definition) is 0. The second kappa shape index (κ2) is 7.37. The van der Waals surface area contributed by atoms with Crippen LogP contribution in [0.15, 0.2) is 28.7 Å². The first-order valence-electron chi connectivity index (χ1n) is 7.86. The van der Waals surface area contributed by atoms with Crippen LogP contribution in [0.25, 0.3) is 11.0 Å². The first-order chi connectivity index (χ1) is 9.36. The Morgan fingerprint density at radius 1 is 0.842 bits per heavy atom. The number of furan rings is 1. The molecule has 0 bridgehead atoms. The first-order valence-corrected chi connectivity index (χ1v) is 7.86. The number of unbranched alkanes of at least 4 members (excludes halogenated alkanes) is 4. The summed E-state index contributed by atoms with van der Waals surface area (Å²) in [6, 6.07) is 8.50. The van der Waals surface area contributed by atoms with E-state index in [1.807, 2.05) is 0 Å². The van der Waals surface area contributed by atoms with Crippen molar-refractivity contribution < 1.29 is 4.42 Å². The predicted molar refractivity (Wildman–Crippen MR) is 82.7 cm³/mol. The van der Waals surface area contributed by atoms with E-state index < -0.39 is 0 Å². The molecule has 0 fully saturated rings. The highest BCUT2D eigenvalue weighted by molar-refractivity contribution is 5.82. The molecular weight excluding hydrogens is 232 g/mol. The fourth-order valence-corrected chi connectivity index (χ4v) is 2.71. The van der Waals surface area contributed by atoms with Crippen molar-refractivity contribution in [1.82, 2.24) is 0 Å². The van der Waals surface area contributed by atoms with Crippen LogP contribution in [0.3, 0.4) is 0 Å². The number of hydrogen-bond acceptors (Lipinski definition) is 1. The van der Waals surface area contributed by atoms with Crippen LogP contribution in [0.1, 0.15) is 63.7 Å². The highest BCUT2D eigenvalue weighted by Gasteiger charge is 2.12. The van der Waals surface area contributed by atoms with Gasteiger partial charge in [-0.1, -0.05) is 57.7 Å². The van der Waals surface area contributed by atoms with Crippen molar-refractivity contribution in [3.63, 3.8) is 0 Å². The molecule has 0 unspecified atom stereocenters. The number of para-hydroxylation sites is 1. The molecule has 0 aliphatic heterocycles. The summed E-state index contributed by atoms with van der Waals surface area (Å²) in [5.74, 6) is 1.24. The van der Waals surface area contributed by atoms with Crippen LogP contribution in [0.5, 0.6) is 0 Å². The summed E-state index contributed by atoms with van der Waals surface area (Å²) in [7, 11) is 0. The van der Waals surface area contributed by atoms with E-state index in [0.29, 0.717) is 0 Å². The number of fused-ring (bicyclic) bond motifs is 1. The van der Waals surface area contributed by atoms with Gasteiger partial charge in [0, 0.05) is 17.4 Å². The average molecular weight is 258 g/mol. The minimum atomic E-state index is 1.07. The third-order valence-electron chi connectivity index (χ3n) is 3.82.